The fraction of sp³-hybridized carbons (Fsp3) is 0.188. The Morgan fingerprint density at radius 1 is 1.29 bits per heavy atom. The molecule has 0 amide bonds. The minimum Gasteiger partial charge on any atom is -0.495 e. The molecular weight excluding hydrogens is 284 g/mol. The Morgan fingerprint density at radius 2 is 2.05 bits per heavy atom. The van der Waals surface area contributed by atoms with Crippen molar-refractivity contribution in [1.82, 2.24) is 0 Å². The van der Waals surface area contributed by atoms with Crippen molar-refractivity contribution in [3.05, 3.63) is 53.1 Å². The second-order valence-electron chi connectivity index (χ2n) is 4.66. The number of nitrogens with zero attached hydrogens (tertiary/aromatic N) is 1. The standard InChI is InChI=1S/C16H16N2O2S/c1-11-3-5-14(18)8-16(11)21(19)10-12-4-6-15(20-2)13(7-12)9-17/h3-8H,10,18H2,1-2H3. The summed E-state index contributed by atoms with van der Waals surface area (Å²) in [7, 11) is 0.313. The lowest BCUT2D eigenvalue weighted by Crippen LogP contribution is -2.01. The summed E-state index contributed by atoms with van der Waals surface area (Å²) in [5, 5.41) is 9.08. The van der Waals surface area contributed by atoms with E-state index in [0.717, 1.165) is 16.0 Å². The highest BCUT2D eigenvalue weighted by Gasteiger charge is 2.11. The molecule has 2 aromatic carbocycles. The molecular formula is C16H16N2O2S. The van der Waals surface area contributed by atoms with E-state index in [2.05, 4.69) is 6.07 Å². The molecule has 5 heteroatoms. The van der Waals surface area contributed by atoms with Gasteiger partial charge in [-0.25, -0.2) is 0 Å². The molecule has 0 aliphatic heterocycles. The van der Waals surface area contributed by atoms with Gasteiger partial charge < -0.3 is 10.5 Å². The van der Waals surface area contributed by atoms with Crippen molar-refractivity contribution in [3.8, 4) is 11.8 Å². The van der Waals surface area contributed by atoms with E-state index in [1.54, 1.807) is 24.3 Å². The number of nitrogens with two attached hydrogens (primary N) is 1. The average Bonchev–Trinajstić information content (AvgIpc) is 2.49. The van der Waals surface area contributed by atoms with Crippen LogP contribution in [-0.2, 0) is 16.6 Å². The van der Waals surface area contributed by atoms with Crippen molar-refractivity contribution in [2.75, 3.05) is 12.8 Å². The van der Waals surface area contributed by atoms with E-state index in [9.17, 15) is 4.21 Å². The topological polar surface area (TPSA) is 76.1 Å². The number of benzene rings is 2. The number of anilines is 1. The van der Waals surface area contributed by atoms with E-state index in [1.165, 1.54) is 7.11 Å². The summed E-state index contributed by atoms with van der Waals surface area (Å²) in [5.41, 5.74) is 8.55. The fourth-order valence-electron chi connectivity index (χ4n) is 2.02. The van der Waals surface area contributed by atoms with Gasteiger partial charge >= 0.3 is 0 Å². The molecule has 108 valence electrons. The third-order valence-electron chi connectivity index (χ3n) is 3.14. The zero-order valence-electron chi connectivity index (χ0n) is 11.9. The van der Waals surface area contributed by atoms with Gasteiger partial charge in [0.1, 0.15) is 11.8 Å². The van der Waals surface area contributed by atoms with Crippen LogP contribution >= 0.6 is 0 Å². The largest absolute Gasteiger partial charge is 0.495 e. The molecule has 0 aliphatic carbocycles. The van der Waals surface area contributed by atoms with Gasteiger partial charge in [0, 0.05) is 10.6 Å². The predicted octanol–water partition coefficient (Wildman–Crippen LogP) is 2.77. The molecule has 0 saturated heterocycles. The first-order chi connectivity index (χ1) is 10.0. The van der Waals surface area contributed by atoms with Crippen LogP contribution in [0.3, 0.4) is 0 Å². The number of rotatable bonds is 4. The smallest absolute Gasteiger partial charge is 0.136 e. The predicted molar refractivity (Wildman–Crippen MR) is 83.4 cm³/mol. The molecule has 0 radical (unpaired) electrons. The number of aryl methyl sites for hydroxylation is 1. The Morgan fingerprint density at radius 3 is 2.71 bits per heavy atom. The first-order valence-electron chi connectivity index (χ1n) is 6.36. The summed E-state index contributed by atoms with van der Waals surface area (Å²) in [4.78, 5) is 0.726. The molecule has 1 unspecified atom stereocenters. The van der Waals surface area contributed by atoms with Crippen molar-refractivity contribution in [1.29, 1.82) is 5.26 Å². The van der Waals surface area contributed by atoms with E-state index < -0.39 is 10.8 Å². The molecule has 2 N–H and O–H groups in total. The van der Waals surface area contributed by atoms with Gasteiger partial charge in [0.05, 0.1) is 29.2 Å². The van der Waals surface area contributed by atoms with Crippen LogP contribution in [0.15, 0.2) is 41.3 Å². The summed E-state index contributed by atoms with van der Waals surface area (Å²) in [5.74, 6) is 0.857. The van der Waals surface area contributed by atoms with Crippen LogP contribution in [0.5, 0.6) is 5.75 Å². The summed E-state index contributed by atoms with van der Waals surface area (Å²) < 4.78 is 17.6. The quantitative estimate of drug-likeness (QED) is 0.881. The van der Waals surface area contributed by atoms with Crippen molar-refractivity contribution in [2.24, 2.45) is 0 Å². The lowest BCUT2D eigenvalue weighted by molar-refractivity contribution is 0.413. The highest BCUT2D eigenvalue weighted by molar-refractivity contribution is 7.84. The van der Waals surface area contributed by atoms with Crippen LogP contribution in [0.1, 0.15) is 16.7 Å². The summed E-state index contributed by atoms with van der Waals surface area (Å²) in [6.45, 7) is 1.90. The van der Waals surface area contributed by atoms with Gasteiger partial charge in [-0.1, -0.05) is 12.1 Å². The maximum Gasteiger partial charge on any atom is 0.136 e. The molecule has 0 heterocycles. The molecule has 0 saturated carbocycles. The lowest BCUT2D eigenvalue weighted by atomic mass is 10.1. The number of ether oxygens (including phenoxy) is 1. The second-order valence-corrected chi connectivity index (χ2v) is 6.08. The third-order valence-corrected chi connectivity index (χ3v) is 4.67. The molecule has 2 rings (SSSR count). The van der Waals surface area contributed by atoms with Crippen molar-refractivity contribution < 1.29 is 8.95 Å². The highest BCUT2D eigenvalue weighted by Crippen LogP contribution is 2.23. The Bertz CT molecular complexity index is 736. The first kappa shape index (κ1) is 15.1. The zero-order chi connectivity index (χ0) is 15.4. The van der Waals surface area contributed by atoms with Gasteiger partial charge in [-0.3, -0.25) is 4.21 Å². The first-order valence-corrected chi connectivity index (χ1v) is 7.68. The Labute approximate surface area is 126 Å². The van der Waals surface area contributed by atoms with Crippen molar-refractivity contribution >= 4 is 16.5 Å². The SMILES string of the molecule is COc1ccc(CS(=O)c2cc(N)ccc2C)cc1C#N. The zero-order valence-corrected chi connectivity index (χ0v) is 12.7. The van der Waals surface area contributed by atoms with Gasteiger partial charge in [-0.15, -0.1) is 0 Å². The molecule has 2 aromatic rings. The minimum atomic E-state index is -1.21. The second kappa shape index (κ2) is 6.42. The lowest BCUT2D eigenvalue weighted by Gasteiger charge is -2.09. The molecule has 1 atom stereocenters. The number of nitriles is 1. The number of hydrogen-bond donors (Lipinski definition) is 1. The average molecular weight is 300 g/mol. The van der Waals surface area contributed by atoms with Crippen molar-refractivity contribution in [2.45, 2.75) is 17.6 Å². The number of nitrogen functional groups attached to an aromatic ring is 1. The molecule has 0 spiro atoms. The Kier molecular flexibility index (Phi) is 4.61. The Balaban J connectivity index is 2.28. The van der Waals surface area contributed by atoms with Gasteiger partial charge in [-0.2, -0.15) is 5.26 Å². The van der Waals surface area contributed by atoms with E-state index in [0.29, 0.717) is 22.8 Å². The normalized spacial score (nSPS) is 11.7. The van der Waals surface area contributed by atoms with E-state index >= 15 is 0 Å². The van der Waals surface area contributed by atoms with Crippen LogP contribution in [0.2, 0.25) is 0 Å². The van der Waals surface area contributed by atoms with Crippen LogP contribution < -0.4 is 10.5 Å². The summed E-state index contributed by atoms with van der Waals surface area (Å²) in [6, 6.07) is 12.7. The van der Waals surface area contributed by atoms with Gasteiger partial charge in [-0.05, 0) is 42.3 Å². The molecule has 0 bridgehead atoms. The van der Waals surface area contributed by atoms with Crippen LogP contribution in [0.4, 0.5) is 5.69 Å². The van der Waals surface area contributed by atoms with Gasteiger partial charge in [0.2, 0.25) is 0 Å². The van der Waals surface area contributed by atoms with Crippen LogP contribution in [0, 0.1) is 18.3 Å². The van der Waals surface area contributed by atoms with Crippen LogP contribution in [0.25, 0.3) is 0 Å². The van der Waals surface area contributed by atoms with E-state index in [4.69, 9.17) is 15.7 Å². The van der Waals surface area contributed by atoms with E-state index in [1.807, 2.05) is 19.1 Å². The molecule has 0 aliphatic rings. The van der Waals surface area contributed by atoms with Crippen molar-refractivity contribution in [3.63, 3.8) is 0 Å². The van der Waals surface area contributed by atoms with Gasteiger partial charge in [0.15, 0.2) is 0 Å². The molecule has 21 heavy (non-hydrogen) atoms. The van der Waals surface area contributed by atoms with Crippen LogP contribution in [-0.4, -0.2) is 11.3 Å². The highest BCUT2D eigenvalue weighted by atomic mass is 32.2. The van der Waals surface area contributed by atoms with Gasteiger partial charge in [0.25, 0.3) is 0 Å². The number of hydrogen-bond acceptors (Lipinski definition) is 4. The minimum absolute atomic E-state index is 0.336. The summed E-state index contributed by atoms with van der Waals surface area (Å²) >= 11 is 0. The fourth-order valence-corrected chi connectivity index (χ4v) is 3.36. The molecule has 0 fully saturated rings. The maximum atomic E-state index is 12.5. The maximum absolute atomic E-state index is 12.5. The summed E-state index contributed by atoms with van der Waals surface area (Å²) in [6.07, 6.45) is 0. The third kappa shape index (κ3) is 3.41. The monoisotopic (exact) mass is 300 g/mol. The molecule has 4 nitrogen and oxygen atoms in total. The Hall–Kier alpha value is -2.32. The van der Waals surface area contributed by atoms with E-state index in [-0.39, 0.29) is 0 Å². The molecule has 0 aromatic heterocycles. The number of methoxy groups -OCH3 is 1.